The maximum absolute atomic E-state index is 6.05. The summed E-state index contributed by atoms with van der Waals surface area (Å²) in [6, 6.07) is 0. The fraction of sp³-hybridized carbons (Fsp3) is 0.615. The van der Waals surface area contributed by atoms with Crippen molar-refractivity contribution in [3.8, 4) is 0 Å². The summed E-state index contributed by atoms with van der Waals surface area (Å²) < 4.78 is 19.4. The van der Waals surface area contributed by atoms with E-state index in [0.29, 0.717) is 24.2 Å². The lowest BCUT2D eigenvalue weighted by atomic mass is 10.1. The summed E-state index contributed by atoms with van der Waals surface area (Å²) in [4.78, 5) is 12.4. The predicted molar refractivity (Wildman–Crippen MR) is 78.2 cm³/mol. The van der Waals surface area contributed by atoms with E-state index in [1.54, 1.807) is 6.33 Å². The van der Waals surface area contributed by atoms with Crippen LogP contribution in [-0.4, -0.2) is 44.1 Å². The molecule has 4 rings (SSSR count). The molecular weight excluding hydrogens is 310 g/mol. The number of nitrogen functional groups attached to an aromatic ring is 1. The summed E-state index contributed by atoms with van der Waals surface area (Å²) in [5, 5.41) is 0.233. The molecular formula is C13H16ClN5O3. The van der Waals surface area contributed by atoms with Crippen LogP contribution in [0.5, 0.6) is 0 Å². The molecule has 22 heavy (non-hydrogen) atoms. The van der Waals surface area contributed by atoms with Crippen LogP contribution in [0.1, 0.15) is 26.5 Å². The van der Waals surface area contributed by atoms with Crippen LogP contribution in [0.25, 0.3) is 11.2 Å². The Labute approximate surface area is 131 Å². The second-order valence-electron chi connectivity index (χ2n) is 5.93. The molecule has 0 amide bonds. The van der Waals surface area contributed by atoms with Gasteiger partial charge in [-0.1, -0.05) is 11.6 Å². The number of rotatable bonds is 1. The number of hydrogen-bond acceptors (Lipinski definition) is 7. The lowest BCUT2D eigenvalue weighted by molar-refractivity contribution is -0.146. The van der Waals surface area contributed by atoms with Gasteiger partial charge in [0, 0.05) is 6.42 Å². The van der Waals surface area contributed by atoms with Crippen LogP contribution in [0, 0.1) is 0 Å². The molecule has 4 heterocycles. The number of aromatic nitrogens is 4. The number of nitrogens with zero attached hydrogens (tertiary/aromatic N) is 4. The third kappa shape index (κ3) is 2.23. The van der Waals surface area contributed by atoms with Crippen molar-refractivity contribution >= 4 is 28.7 Å². The van der Waals surface area contributed by atoms with Crippen molar-refractivity contribution in [2.24, 2.45) is 0 Å². The standard InChI is InChI=1S/C13H16ClN5O3/c1-13(2)21-6-3-8(20-4-7(6)22-13)19-5-16-9-10(14)17-12(15)18-11(9)19/h5-8H,3-4H2,1-2H3,(H2,15,17,18). The van der Waals surface area contributed by atoms with Gasteiger partial charge in [-0.05, 0) is 13.8 Å². The highest BCUT2D eigenvalue weighted by molar-refractivity contribution is 6.33. The minimum absolute atomic E-state index is 0.0270. The Morgan fingerprint density at radius 2 is 2.09 bits per heavy atom. The molecule has 0 spiro atoms. The van der Waals surface area contributed by atoms with Crippen molar-refractivity contribution in [2.75, 3.05) is 12.3 Å². The summed E-state index contributed by atoms with van der Waals surface area (Å²) in [6.45, 7) is 4.26. The molecule has 0 saturated carbocycles. The molecule has 3 atom stereocenters. The number of fused-ring (bicyclic) bond motifs is 2. The quantitative estimate of drug-likeness (QED) is 0.793. The Hall–Kier alpha value is -1.48. The summed E-state index contributed by atoms with van der Waals surface area (Å²) in [5.41, 5.74) is 6.73. The topological polar surface area (TPSA) is 97.3 Å². The van der Waals surface area contributed by atoms with Gasteiger partial charge < -0.3 is 19.9 Å². The van der Waals surface area contributed by atoms with Gasteiger partial charge in [0.2, 0.25) is 5.95 Å². The smallest absolute Gasteiger partial charge is 0.223 e. The van der Waals surface area contributed by atoms with E-state index < -0.39 is 5.79 Å². The van der Waals surface area contributed by atoms with Gasteiger partial charge in [0.25, 0.3) is 0 Å². The van der Waals surface area contributed by atoms with Crippen molar-refractivity contribution in [2.45, 2.75) is 44.5 Å². The molecule has 2 N–H and O–H groups in total. The molecule has 8 nitrogen and oxygen atoms in total. The maximum atomic E-state index is 6.05. The minimum atomic E-state index is -0.583. The van der Waals surface area contributed by atoms with Crippen LogP contribution in [0.15, 0.2) is 6.33 Å². The van der Waals surface area contributed by atoms with E-state index in [1.807, 2.05) is 18.4 Å². The van der Waals surface area contributed by atoms with Gasteiger partial charge in [-0.15, -0.1) is 0 Å². The molecule has 2 fully saturated rings. The zero-order valence-electron chi connectivity index (χ0n) is 12.2. The van der Waals surface area contributed by atoms with Gasteiger partial charge in [0.15, 0.2) is 16.6 Å². The zero-order valence-corrected chi connectivity index (χ0v) is 12.9. The molecule has 3 unspecified atom stereocenters. The number of anilines is 1. The van der Waals surface area contributed by atoms with Crippen LogP contribution in [0.2, 0.25) is 5.15 Å². The van der Waals surface area contributed by atoms with Crippen LogP contribution in [0.4, 0.5) is 5.95 Å². The van der Waals surface area contributed by atoms with E-state index >= 15 is 0 Å². The molecule has 118 valence electrons. The van der Waals surface area contributed by atoms with Crippen LogP contribution in [0.3, 0.4) is 0 Å². The van der Waals surface area contributed by atoms with E-state index in [0.717, 1.165) is 0 Å². The number of nitrogens with two attached hydrogens (primary N) is 1. The van der Waals surface area contributed by atoms with Crippen LogP contribution in [-0.2, 0) is 14.2 Å². The van der Waals surface area contributed by atoms with Crippen LogP contribution >= 0.6 is 11.6 Å². The molecule has 2 aromatic heterocycles. The molecule has 0 aliphatic carbocycles. The highest BCUT2D eigenvalue weighted by Crippen LogP contribution is 2.38. The molecule has 9 heteroatoms. The van der Waals surface area contributed by atoms with E-state index in [9.17, 15) is 0 Å². The Kier molecular flexibility index (Phi) is 3.06. The molecule has 0 aromatic carbocycles. The predicted octanol–water partition coefficient (Wildman–Crippen LogP) is 1.50. The van der Waals surface area contributed by atoms with Gasteiger partial charge in [-0.25, -0.2) is 4.98 Å². The highest BCUT2D eigenvalue weighted by atomic mass is 35.5. The fourth-order valence-electron chi connectivity index (χ4n) is 3.03. The number of hydrogen-bond donors (Lipinski definition) is 1. The summed E-state index contributed by atoms with van der Waals surface area (Å²) in [6.07, 6.45) is 1.94. The highest BCUT2D eigenvalue weighted by Gasteiger charge is 2.45. The molecule has 2 aliphatic rings. The SMILES string of the molecule is CC1(C)OC2COC(n3cnc4c(Cl)nc(N)nc43)CC2O1. The monoisotopic (exact) mass is 325 g/mol. The molecule has 2 saturated heterocycles. The number of imidazole rings is 1. The van der Waals surface area contributed by atoms with Gasteiger partial charge >= 0.3 is 0 Å². The Morgan fingerprint density at radius 3 is 2.91 bits per heavy atom. The van der Waals surface area contributed by atoms with E-state index in [4.69, 9.17) is 31.5 Å². The lowest BCUT2D eigenvalue weighted by Crippen LogP contribution is -2.37. The Morgan fingerprint density at radius 1 is 1.32 bits per heavy atom. The lowest BCUT2D eigenvalue weighted by Gasteiger charge is -2.30. The normalized spacial score (nSPS) is 30.6. The van der Waals surface area contributed by atoms with Crippen molar-refractivity contribution in [3.63, 3.8) is 0 Å². The van der Waals surface area contributed by atoms with Crippen molar-refractivity contribution in [1.82, 2.24) is 19.5 Å². The second-order valence-corrected chi connectivity index (χ2v) is 6.29. The molecule has 0 bridgehead atoms. The first kappa shape index (κ1) is 14.1. The molecule has 2 aromatic rings. The first-order valence-electron chi connectivity index (χ1n) is 7.06. The number of halogens is 1. The summed E-state index contributed by atoms with van der Waals surface area (Å²) >= 11 is 6.05. The van der Waals surface area contributed by atoms with Gasteiger partial charge in [0.1, 0.15) is 17.8 Å². The third-order valence-corrected chi connectivity index (χ3v) is 4.14. The first-order valence-corrected chi connectivity index (χ1v) is 7.43. The Bertz CT molecular complexity index is 734. The molecule has 2 aliphatic heterocycles. The summed E-state index contributed by atoms with van der Waals surface area (Å²) in [5.74, 6) is -0.477. The molecule has 0 radical (unpaired) electrons. The third-order valence-electron chi connectivity index (χ3n) is 3.88. The minimum Gasteiger partial charge on any atom is -0.368 e. The zero-order chi connectivity index (χ0) is 15.5. The van der Waals surface area contributed by atoms with E-state index in [2.05, 4.69) is 15.0 Å². The van der Waals surface area contributed by atoms with Crippen LogP contribution < -0.4 is 5.73 Å². The van der Waals surface area contributed by atoms with Gasteiger partial charge in [0.05, 0.1) is 19.0 Å². The van der Waals surface area contributed by atoms with Gasteiger partial charge in [-0.3, -0.25) is 4.57 Å². The Balaban J connectivity index is 1.66. The maximum Gasteiger partial charge on any atom is 0.223 e. The largest absolute Gasteiger partial charge is 0.368 e. The average molecular weight is 326 g/mol. The second kappa shape index (κ2) is 4.76. The van der Waals surface area contributed by atoms with Gasteiger partial charge in [-0.2, -0.15) is 9.97 Å². The van der Waals surface area contributed by atoms with E-state index in [-0.39, 0.29) is 29.5 Å². The van der Waals surface area contributed by atoms with Crippen molar-refractivity contribution in [3.05, 3.63) is 11.5 Å². The van der Waals surface area contributed by atoms with E-state index in [1.165, 1.54) is 0 Å². The van der Waals surface area contributed by atoms with Crippen molar-refractivity contribution in [1.29, 1.82) is 0 Å². The fourth-order valence-corrected chi connectivity index (χ4v) is 3.24. The average Bonchev–Trinajstić information content (AvgIpc) is 2.96. The first-order chi connectivity index (χ1) is 10.4. The number of ether oxygens (including phenoxy) is 3. The summed E-state index contributed by atoms with van der Waals surface area (Å²) in [7, 11) is 0. The van der Waals surface area contributed by atoms with Crippen molar-refractivity contribution < 1.29 is 14.2 Å².